The minimum Gasteiger partial charge on any atom is -0.465 e. The van der Waals surface area contributed by atoms with E-state index < -0.39 is 6.09 Å². The monoisotopic (exact) mass is 146 g/mol. The zero-order chi connectivity index (χ0) is 7.11. The van der Waals surface area contributed by atoms with Crippen molar-refractivity contribution in [3.63, 3.8) is 0 Å². The molecule has 0 spiro atoms. The molecule has 1 rings (SSSR count). The van der Waals surface area contributed by atoms with E-state index in [1.807, 2.05) is 11.4 Å². The Bertz CT molecular complexity index is 130. The Hall–Kier alpha value is -1.10. The normalized spacial score (nSPS) is 7.11. The minimum absolute atomic E-state index is 1.33. The lowest BCUT2D eigenvalue weighted by Gasteiger charge is -1.61. The Morgan fingerprint density at radius 2 is 2.33 bits per heavy atom. The predicted octanol–water partition coefficient (Wildman–Crippen LogP) is 0.766. The quantitative estimate of drug-likeness (QED) is 0.567. The van der Waals surface area contributed by atoms with Gasteiger partial charge in [-0.15, -0.1) is 0 Å². The Morgan fingerprint density at radius 3 is 2.44 bits per heavy atom. The standard InChI is InChI=1S/C3H3NS.CH3NO2/c1-2-4-5-3-1;2-1(3)4/h1-3H;2H2,(H,3,4). The highest BCUT2D eigenvalue weighted by Crippen LogP contribution is 1.83. The molecule has 0 saturated heterocycles. The van der Waals surface area contributed by atoms with E-state index in [2.05, 4.69) is 10.1 Å². The topological polar surface area (TPSA) is 76.2 Å². The Morgan fingerprint density at radius 1 is 1.78 bits per heavy atom. The first-order valence-electron chi connectivity index (χ1n) is 2.06. The lowest BCUT2D eigenvalue weighted by molar-refractivity contribution is 0.205. The summed E-state index contributed by atoms with van der Waals surface area (Å²) >= 11 is 1.46. The molecule has 0 fully saturated rings. The van der Waals surface area contributed by atoms with Crippen LogP contribution in [-0.4, -0.2) is 15.6 Å². The first-order valence-corrected chi connectivity index (χ1v) is 2.90. The van der Waals surface area contributed by atoms with E-state index in [4.69, 9.17) is 9.90 Å². The molecule has 0 radical (unpaired) electrons. The van der Waals surface area contributed by atoms with Gasteiger partial charge in [-0.1, -0.05) is 0 Å². The molecule has 1 amide bonds. The summed E-state index contributed by atoms with van der Waals surface area (Å²) in [6.45, 7) is 0. The summed E-state index contributed by atoms with van der Waals surface area (Å²) in [6, 6.07) is 1.91. The number of nitrogens with zero attached hydrogens (tertiary/aromatic N) is 1. The van der Waals surface area contributed by atoms with Gasteiger partial charge < -0.3 is 10.8 Å². The van der Waals surface area contributed by atoms with Crippen LogP contribution in [0, 0.1) is 0 Å². The third-order valence-corrected chi connectivity index (χ3v) is 0.869. The molecule has 0 aliphatic heterocycles. The fourth-order valence-electron chi connectivity index (χ4n) is 0.176. The predicted molar refractivity (Wildman–Crippen MR) is 34.3 cm³/mol. The summed E-state index contributed by atoms with van der Waals surface area (Å²) in [4.78, 5) is 8.78. The number of carbonyl (C=O) groups is 1. The number of aromatic nitrogens is 1. The second kappa shape index (κ2) is 5.04. The van der Waals surface area contributed by atoms with Gasteiger partial charge in [0.05, 0.1) is 0 Å². The van der Waals surface area contributed by atoms with Gasteiger partial charge >= 0.3 is 6.09 Å². The Labute approximate surface area is 56.1 Å². The van der Waals surface area contributed by atoms with Crippen LogP contribution in [0.3, 0.4) is 0 Å². The molecule has 0 aromatic carbocycles. The maximum atomic E-state index is 8.78. The molecule has 1 heterocycles. The molecule has 50 valence electrons. The third kappa shape index (κ3) is 10.9. The number of amides is 1. The van der Waals surface area contributed by atoms with Crippen LogP contribution in [-0.2, 0) is 0 Å². The number of primary amides is 1. The fraction of sp³-hybridized carbons (Fsp3) is 0. The molecule has 0 aliphatic rings. The zero-order valence-corrected chi connectivity index (χ0v) is 5.34. The summed E-state index contributed by atoms with van der Waals surface area (Å²) < 4.78 is 3.76. The molecule has 0 aliphatic carbocycles. The van der Waals surface area contributed by atoms with Crippen LogP contribution >= 0.6 is 11.5 Å². The zero-order valence-electron chi connectivity index (χ0n) is 4.52. The number of hydrogen-bond donors (Lipinski definition) is 2. The smallest absolute Gasteiger partial charge is 0.402 e. The van der Waals surface area contributed by atoms with Crippen molar-refractivity contribution in [2.45, 2.75) is 0 Å². The van der Waals surface area contributed by atoms with Crippen molar-refractivity contribution < 1.29 is 9.90 Å². The van der Waals surface area contributed by atoms with E-state index in [9.17, 15) is 0 Å². The molecule has 1 aromatic heterocycles. The van der Waals surface area contributed by atoms with Crippen molar-refractivity contribution in [3.8, 4) is 0 Å². The van der Waals surface area contributed by atoms with Crippen molar-refractivity contribution in [1.82, 2.24) is 4.37 Å². The van der Waals surface area contributed by atoms with Crippen LogP contribution in [0.25, 0.3) is 0 Å². The number of carboxylic acid groups (broad SMARTS) is 1. The van der Waals surface area contributed by atoms with Gasteiger partial charge in [0.2, 0.25) is 0 Å². The van der Waals surface area contributed by atoms with Gasteiger partial charge in [0.1, 0.15) is 0 Å². The largest absolute Gasteiger partial charge is 0.465 e. The van der Waals surface area contributed by atoms with Crippen LogP contribution in [0.15, 0.2) is 17.6 Å². The second-order valence-electron chi connectivity index (χ2n) is 1.03. The maximum Gasteiger partial charge on any atom is 0.402 e. The third-order valence-electron chi connectivity index (χ3n) is 0.347. The van der Waals surface area contributed by atoms with Crippen molar-refractivity contribution in [1.29, 1.82) is 0 Å². The summed E-state index contributed by atoms with van der Waals surface area (Å²) in [5.74, 6) is 0. The summed E-state index contributed by atoms with van der Waals surface area (Å²) in [5, 5.41) is 9.12. The number of rotatable bonds is 0. The van der Waals surface area contributed by atoms with Gasteiger partial charge in [0.15, 0.2) is 0 Å². The minimum atomic E-state index is -1.33. The molecule has 4 nitrogen and oxygen atoms in total. The molecule has 5 heteroatoms. The summed E-state index contributed by atoms with van der Waals surface area (Å²) in [6.07, 6.45) is 0.435. The van der Waals surface area contributed by atoms with Crippen LogP contribution in [0.1, 0.15) is 0 Å². The average Bonchev–Trinajstić information content (AvgIpc) is 2.11. The van der Waals surface area contributed by atoms with E-state index in [1.54, 1.807) is 6.20 Å². The van der Waals surface area contributed by atoms with Gasteiger partial charge in [-0.25, -0.2) is 9.17 Å². The molecule has 0 bridgehead atoms. The summed E-state index contributed by atoms with van der Waals surface area (Å²) in [7, 11) is 0. The molecule has 9 heavy (non-hydrogen) atoms. The van der Waals surface area contributed by atoms with E-state index in [0.29, 0.717) is 0 Å². The molecule has 1 aromatic rings. The molecule has 3 N–H and O–H groups in total. The first-order chi connectivity index (χ1) is 4.23. The molecule has 0 unspecified atom stereocenters. The molecule has 0 saturated carbocycles. The van der Waals surface area contributed by atoms with Gasteiger partial charge in [0.25, 0.3) is 0 Å². The van der Waals surface area contributed by atoms with Crippen LogP contribution < -0.4 is 5.73 Å². The molecule has 0 atom stereocenters. The van der Waals surface area contributed by atoms with Crippen molar-refractivity contribution in [3.05, 3.63) is 17.6 Å². The Kier molecular flexibility index (Phi) is 4.43. The van der Waals surface area contributed by atoms with Crippen LogP contribution in [0.2, 0.25) is 0 Å². The van der Waals surface area contributed by atoms with Gasteiger partial charge in [-0.3, -0.25) is 0 Å². The number of hydrogen-bond acceptors (Lipinski definition) is 3. The molecular weight excluding hydrogens is 140 g/mol. The van der Waals surface area contributed by atoms with Crippen molar-refractivity contribution >= 4 is 17.6 Å². The van der Waals surface area contributed by atoms with Gasteiger partial charge in [-0.05, 0) is 17.6 Å². The Balaban J connectivity index is 0.000000148. The van der Waals surface area contributed by atoms with Crippen LogP contribution in [0.4, 0.5) is 4.79 Å². The van der Waals surface area contributed by atoms with E-state index in [0.717, 1.165) is 0 Å². The first kappa shape index (κ1) is 7.90. The lowest BCUT2D eigenvalue weighted by atomic mass is 10.8. The second-order valence-corrected chi connectivity index (χ2v) is 1.72. The van der Waals surface area contributed by atoms with Gasteiger partial charge in [-0.2, -0.15) is 0 Å². The van der Waals surface area contributed by atoms with Crippen molar-refractivity contribution in [2.75, 3.05) is 0 Å². The van der Waals surface area contributed by atoms with E-state index in [-0.39, 0.29) is 0 Å². The van der Waals surface area contributed by atoms with Gasteiger partial charge in [0, 0.05) is 11.6 Å². The maximum absolute atomic E-state index is 8.78. The van der Waals surface area contributed by atoms with Crippen LogP contribution in [0.5, 0.6) is 0 Å². The highest BCUT2D eigenvalue weighted by Gasteiger charge is 1.65. The number of nitrogens with two attached hydrogens (primary N) is 1. The molecular formula is C4H6N2O2S. The fourth-order valence-corrected chi connectivity index (χ4v) is 0.527. The van der Waals surface area contributed by atoms with E-state index >= 15 is 0 Å². The van der Waals surface area contributed by atoms with E-state index in [1.165, 1.54) is 11.5 Å². The average molecular weight is 146 g/mol. The summed E-state index contributed by atoms with van der Waals surface area (Å²) in [5.41, 5.74) is 4.03. The highest BCUT2D eigenvalue weighted by molar-refractivity contribution is 7.03. The highest BCUT2D eigenvalue weighted by atomic mass is 32.1. The van der Waals surface area contributed by atoms with Crippen molar-refractivity contribution in [2.24, 2.45) is 5.73 Å². The lowest BCUT2D eigenvalue weighted by Crippen LogP contribution is -2.03. The SMILES string of the molecule is NC(=O)O.c1cnsc1.